The van der Waals surface area contributed by atoms with E-state index in [1.807, 2.05) is 4.90 Å². The van der Waals surface area contributed by atoms with E-state index >= 15 is 0 Å². The van der Waals surface area contributed by atoms with Crippen molar-refractivity contribution in [1.29, 1.82) is 0 Å². The van der Waals surface area contributed by atoms with Crippen molar-refractivity contribution in [2.45, 2.75) is 6.04 Å². The molecule has 3 rings (SSSR count). The van der Waals surface area contributed by atoms with Crippen molar-refractivity contribution in [2.24, 2.45) is 5.73 Å². The third-order valence-corrected chi connectivity index (χ3v) is 4.11. The molecule has 0 spiro atoms. The number of nitrogens with zero attached hydrogens (tertiary/aromatic N) is 2. The van der Waals surface area contributed by atoms with E-state index in [-0.39, 0.29) is 5.56 Å². The van der Waals surface area contributed by atoms with Gasteiger partial charge >= 0.3 is 0 Å². The lowest BCUT2D eigenvalue weighted by Crippen LogP contribution is -2.63. The summed E-state index contributed by atoms with van der Waals surface area (Å²) in [6, 6.07) is 5.14. The lowest BCUT2D eigenvalue weighted by atomic mass is 10.0. The summed E-state index contributed by atoms with van der Waals surface area (Å²) in [4.78, 5) is 15.9. The van der Waals surface area contributed by atoms with Crippen LogP contribution in [0.2, 0.25) is 0 Å². The number of rotatable bonds is 3. The van der Waals surface area contributed by atoms with Gasteiger partial charge in [0.25, 0.3) is 5.91 Å². The van der Waals surface area contributed by atoms with Crippen LogP contribution in [0, 0.1) is 5.82 Å². The zero-order valence-electron chi connectivity index (χ0n) is 11.3. The second kappa shape index (κ2) is 5.38. The lowest BCUT2D eigenvalue weighted by molar-refractivity contribution is 0.0995. The topological polar surface area (TPSA) is 61.6 Å². The van der Waals surface area contributed by atoms with Gasteiger partial charge in [0.2, 0.25) is 0 Å². The Morgan fingerprint density at radius 3 is 2.65 bits per heavy atom. The van der Waals surface area contributed by atoms with E-state index in [0.29, 0.717) is 11.7 Å². The lowest BCUT2D eigenvalue weighted by Gasteiger charge is -2.48. The fraction of sp³-hybridized carbons (Fsp3) is 0.500. The second-order valence-electron chi connectivity index (χ2n) is 5.34. The van der Waals surface area contributed by atoms with E-state index in [0.717, 1.165) is 39.3 Å². The number of carbonyl (C=O) groups is 1. The Labute approximate surface area is 117 Å². The Balaban J connectivity index is 1.70. The summed E-state index contributed by atoms with van der Waals surface area (Å²) in [6.45, 7) is 5.77. The molecule has 0 bridgehead atoms. The van der Waals surface area contributed by atoms with Crippen LogP contribution >= 0.6 is 0 Å². The third-order valence-electron chi connectivity index (χ3n) is 4.11. The number of nitrogens with two attached hydrogens (primary N) is 1. The average Bonchev–Trinajstić information content (AvgIpc) is 2.38. The van der Waals surface area contributed by atoms with E-state index in [2.05, 4.69) is 10.2 Å². The number of piperazine rings is 1. The number of hydrogen-bond acceptors (Lipinski definition) is 4. The van der Waals surface area contributed by atoms with Crippen LogP contribution in [0.1, 0.15) is 10.4 Å². The predicted molar refractivity (Wildman–Crippen MR) is 75.4 cm³/mol. The molecule has 0 atom stereocenters. The molecule has 108 valence electrons. The van der Waals surface area contributed by atoms with Crippen LogP contribution in [0.3, 0.4) is 0 Å². The molecule has 2 aliphatic heterocycles. The molecule has 1 aromatic rings. The van der Waals surface area contributed by atoms with Gasteiger partial charge in [-0.3, -0.25) is 9.69 Å². The maximum Gasteiger partial charge on any atom is 0.253 e. The highest BCUT2D eigenvalue weighted by Crippen LogP contribution is 2.28. The van der Waals surface area contributed by atoms with Gasteiger partial charge in [0, 0.05) is 45.3 Å². The summed E-state index contributed by atoms with van der Waals surface area (Å²) < 4.78 is 13.7. The number of hydrogen-bond donors (Lipinski definition) is 2. The fourth-order valence-corrected chi connectivity index (χ4v) is 2.95. The summed E-state index contributed by atoms with van der Waals surface area (Å²) in [6.07, 6.45) is 0. The maximum atomic E-state index is 13.7. The fourth-order valence-electron chi connectivity index (χ4n) is 2.95. The first-order valence-corrected chi connectivity index (χ1v) is 6.95. The van der Waals surface area contributed by atoms with Crippen molar-refractivity contribution in [3.05, 3.63) is 29.6 Å². The SMILES string of the molecule is NC(=O)c1c(F)cccc1N1CC(N2CCNCC2)C1. The Hall–Kier alpha value is -1.66. The van der Waals surface area contributed by atoms with Gasteiger partial charge in [-0.1, -0.05) is 6.07 Å². The molecular formula is C14H19FN4O. The van der Waals surface area contributed by atoms with Crippen LogP contribution in [-0.4, -0.2) is 56.1 Å². The van der Waals surface area contributed by atoms with Crippen LogP contribution in [0.5, 0.6) is 0 Å². The number of nitrogens with one attached hydrogen (secondary N) is 1. The smallest absolute Gasteiger partial charge is 0.253 e. The highest BCUT2D eigenvalue weighted by Gasteiger charge is 2.34. The van der Waals surface area contributed by atoms with Gasteiger partial charge in [-0.2, -0.15) is 0 Å². The van der Waals surface area contributed by atoms with Crippen LogP contribution in [0.4, 0.5) is 10.1 Å². The van der Waals surface area contributed by atoms with E-state index < -0.39 is 11.7 Å². The van der Waals surface area contributed by atoms with Crippen molar-refractivity contribution >= 4 is 11.6 Å². The summed E-state index contributed by atoms with van der Waals surface area (Å²) in [7, 11) is 0. The molecule has 20 heavy (non-hydrogen) atoms. The molecule has 0 saturated carbocycles. The van der Waals surface area contributed by atoms with Crippen molar-refractivity contribution < 1.29 is 9.18 Å². The number of amides is 1. The van der Waals surface area contributed by atoms with Gasteiger partial charge in [0.05, 0.1) is 11.3 Å². The summed E-state index contributed by atoms with van der Waals surface area (Å²) in [5.74, 6) is -1.25. The van der Waals surface area contributed by atoms with Gasteiger partial charge in [-0.15, -0.1) is 0 Å². The molecule has 6 heteroatoms. The number of anilines is 1. The van der Waals surface area contributed by atoms with Crippen molar-refractivity contribution in [1.82, 2.24) is 10.2 Å². The molecule has 3 N–H and O–H groups in total. The third kappa shape index (κ3) is 2.36. The molecule has 0 radical (unpaired) electrons. The summed E-state index contributed by atoms with van der Waals surface area (Å²) in [5, 5.41) is 3.33. The molecule has 5 nitrogen and oxygen atoms in total. The summed E-state index contributed by atoms with van der Waals surface area (Å²) >= 11 is 0. The van der Waals surface area contributed by atoms with E-state index in [4.69, 9.17) is 5.73 Å². The average molecular weight is 278 g/mol. The van der Waals surface area contributed by atoms with Gasteiger partial charge in [-0.25, -0.2) is 4.39 Å². The molecule has 0 aromatic heterocycles. The highest BCUT2D eigenvalue weighted by atomic mass is 19.1. The number of primary amides is 1. The minimum atomic E-state index is -0.705. The molecule has 2 saturated heterocycles. The Morgan fingerprint density at radius 2 is 2.00 bits per heavy atom. The molecule has 2 aliphatic rings. The van der Waals surface area contributed by atoms with Gasteiger partial charge in [0.1, 0.15) is 5.82 Å². The Kier molecular flexibility index (Phi) is 3.58. The van der Waals surface area contributed by atoms with Gasteiger partial charge < -0.3 is 16.0 Å². The van der Waals surface area contributed by atoms with E-state index in [1.54, 1.807) is 12.1 Å². The van der Waals surface area contributed by atoms with E-state index in [1.165, 1.54) is 6.07 Å². The minimum Gasteiger partial charge on any atom is -0.368 e. The highest BCUT2D eigenvalue weighted by molar-refractivity contribution is 5.99. The zero-order chi connectivity index (χ0) is 14.1. The van der Waals surface area contributed by atoms with Crippen LogP contribution in [-0.2, 0) is 0 Å². The first-order chi connectivity index (χ1) is 9.66. The number of halogens is 1. The quantitative estimate of drug-likeness (QED) is 0.818. The molecule has 2 heterocycles. The normalized spacial score (nSPS) is 20.8. The summed E-state index contributed by atoms with van der Waals surface area (Å²) in [5.41, 5.74) is 5.91. The Morgan fingerprint density at radius 1 is 1.30 bits per heavy atom. The number of benzene rings is 1. The van der Waals surface area contributed by atoms with E-state index in [9.17, 15) is 9.18 Å². The minimum absolute atomic E-state index is 0.00580. The molecule has 1 amide bonds. The molecule has 0 unspecified atom stereocenters. The standard InChI is InChI=1S/C14H19FN4O/c15-11-2-1-3-12(13(11)14(16)20)19-8-10(9-19)18-6-4-17-5-7-18/h1-3,10,17H,4-9H2,(H2,16,20). The first kappa shape index (κ1) is 13.3. The Bertz CT molecular complexity index is 510. The van der Waals surface area contributed by atoms with Crippen LogP contribution < -0.4 is 16.0 Å². The molecular weight excluding hydrogens is 259 g/mol. The zero-order valence-corrected chi connectivity index (χ0v) is 11.3. The maximum absolute atomic E-state index is 13.7. The molecule has 0 aliphatic carbocycles. The van der Waals surface area contributed by atoms with Crippen molar-refractivity contribution in [3.63, 3.8) is 0 Å². The number of carbonyl (C=O) groups excluding carboxylic acids is 1. The second-order valence-corrected chi connectivity index (χ2v) is 5.34. The van der Waals surface area contributed by atoms with Crippen LogP contribution in [0.15, 0.2) is 18.2 Å². The van der Waals surface area contributed by atoms with Gasteiger partial charge in [-0.05, 0) is 12.1 Å². The largest absolute Gasteiger partial charge is 0.368 e. The molecule has 1 aromatic carbocycles. The van der Waals surface area contributed by atoms with Gasteiger partial charge in [0.15, 0.2) is 0 Å². The molecule has 2 fully saturated rings. The predicted octanol–water partition coefficient (Wildman–Crippen LogP) is 0.0184. The van der Waals surface area contributed by atoms with Crippen LogP contribution in [0.25, 0.3) is 0 Å². The monoisotopic (exact) mass is 278 g/mol. The van der Waals surface area contributed by atoms with Crippen molar-refractivity contribution in [2.75, 3.05) is 44.2 Å². The first-order valence-electron chi connectivity index (χ1n) is 6.95. The van der Waals surface area contributed by atoms with Crippen molar-refractivity contribution in [3.8, 4) is 0 Å².